The SMILES string of the molecule is Cc1ccc(OCc2nnc(SCC(=O)N3CCN(c4cccc(Cl)c4)CC3)o2)cc1. The van der Waals surface area contributed by atoms with Gasteiger partial charge in [0.2, 0.25) is 5.91 Å². The average Bonchev–Trinajstić information content (AvgIpc) is 3.25. The van der Waals surface area contributed by atoms with E-state index in [-0.39, 0.29) is 18.3 Å². The van der Waals surface area contributed by atoms with Gasteiger partial charge in [0.25, 0.3) is 11.1 Å². The van der Waals surface area contributed by atoms with Crippen LogP contribution in [0.25, 0.3) is 0 Å². The molecule has 0 radical (unpaired) electrons. The maximum atomic E-state index is 12.6. The molecule has 0 unspecified atom stereocenters. The molecule has 0 aliphatic carbocycles. The molecule has 1 saturated heterocycles. The van der Waals surface area contributed by atoms with Crippen molar-refractivity contribution in [2.75, 3.05) is 36.8 Å². The molecule has 0 saturated carbocycles. The van der Waals surface area contributed by atoms with Crippen LogP contribution in [0.1, 0.15) is 11.5 Å². The van der Waals surface area contributed by atoms with E-state index in [1.165, 1.54) is 17.3 Å². The molecule has 1 fully saturated rings. The lowest BCUT2D eigenvalue weighted by atomic mass is 10.2. The first-order valence-electron chi connectivity index (χ1n) is 10.00. The maximum absolute atomic E-state index is 12.6. The molecule has 0 spiro atoms. The number of aromatic nitrogens is 2. The smallest absolute Gasteiger partial charge is 0.277 e. The number of rotatable bonds is 7. The Morgan fingerprint density at radius 1 is 1.13 bits per heavy atom. The number of anilines is 1. The Balaban J connectivity index is 1.21. The molecule has 31 heavy (non-hydrogen) atoms. The number of thioether (sulfide) groups is 1. The highest BCUT2D eigenvalue weighted by Gasteiger charge is 2.22. The van der Waals surface area contributed by atoms with Gasteiger partial charge in [-0.1, -0.05) is 47.1 Å². The van der Waals surface area contributed by atoms with E-state index in [4.69, 9.17) is 20.8 Å². The lowest BCUT2D eigenvalue weighted by molar-refractivity contribution is -0.128. The van der Waals surface area contributed by atoms with Crippen LogP contribution in [0.2, 0.25) is 5.02 Å². The fourth-order valence-corrected chi connectivity index (χ4v) is 4.10. The highest BCUT2D eigenvalue weighted by molar-refractivity contribution is 7.99. The number of halogens is 1. The third-order valence-corrected chi connectivity index (χ3v) is 5.99. The number of nitrogens with zero attached hydrogens (tertiary/aromatic N) is 4. The molecule has 4 rings (SSSR count). The Kier molecular flexibility index (Phi) is 6.99. The van der Waals surface area contributed by atoms with Crippen molar-refractivity contribution in [3.63, 3.8) is 0 Å². The first-order chi connectivity index (χ1) is 15.1. The first kappa shape index (κ1) is 21.5. The molecule has 1 aliphatic heterocycles. The van der Waals surface area contributed by atoms with Gasteiger partial charge in [-0.15, -0.1) is 10.2 Å². The van der Waals surface area contributed by atoms with E-state index >= 15 is 0 Å². The van der Waals surface area contributed by atoms with Gasteiger partial charge in [-0.25, -0.2) is 0 Å². The summed E-state index contributed by atoms with van der Waals surface area (Å²) in [4.78, 5) is 16.7. The molecule has 0 atom stereocenters. The number of carbonyl (C=O) groups is 1. The molecule has 2 heterocycles. The standard InChI is InChI=1S/C22H23ClN4O3S/c1-16-5-7-19(8-6-16)29-14-20-24-25-22(30-20)31-15-21(28)27-11-9-26(10-12-27)18-4-2-3-17(23)13-18/h2-8,13H,9-12,14-15H2,1H3. The highest BCUT2D eigenvalue weighted by atomic mass is 35.5. The van der Waals surface area contributed by atoms with Crippen LogP contribution in [0.5, 0.6) is 5.75 Å². The minimum Gasteiger partial charge on any atom is -0.484 e. The van der Waals surface area contributed by atoms with Gasteiger partial charge in [-0.2, -0.15) is 0 Å². The maximum Gasteiger partial charge on any atom is 0.277 e. The number of aryl methyl sites for hydroxylation is 1. The largest absolute Gasteiger partial charge is 0.484 e. The number of amides is 1. The second-order valence-electron chi connectivity index (χ2n) is 7.20. The van der Waals surface area contributed by atoms with Gasteiger partial charge >= 0.3 is 0 Å². The third kappa shape index (κ3) is 5.92. The lowest BCUT2D eigenvalue weighted by Gasteiger charge is -2.36. The summed E-state index contributed by atoms with van der Waals surface area (Å²) in [6, 6.07) is 15.5. The van der Waals surface area contributed by atoms with Crippen molar-refractivity contribution < 1.29 is 13.9 Å². The molecule has 1 amide bonds. The fraction of sp³-hybridized carbons (Fsp3) is 0.318. The molecule has 162 valence electrons. The van der Waals surface area contributed by atoms with E-state index in [1.807, 2.05) is 60.4 Å². The van der Waals surface area contributed by atoms with Crippen molar-refractivity contribution >= 4 is 35.0 Å². The van der Waals surface area contributed by atoms with Crippen molar-refractivity contribution in [1.29, 1.82) is 0 Å². The zero-order chi connectivity index (χ0) is 21.6. The van der Waals surface area contributed by atoms with Crippen molar-refractivity contribution in [3.05, 3.63) is 65.0 Å². The van der Waals surface area contributed by atoms with Gasteiger partial charge in [0.1, 0.15) is 5.75 Å². The summed E-state index contributed by atoms with van der Waals surface area (Å²) >= 11 is 7.33. The summed E-state index contributed by atoms with van der Waals surface area (Å²) in [6.45, 7) is 5.11. The molecule has 7 nitrogen and oxygen atoms in total. The molecule has 0 bridgehead atoms. The summed E-state index contributed by atoms with van der Waals surface area (Å²) in [7, 11) is 0. The van der Waals surface area contributed by atoms with Gasteiger partial charge in [0, 0.05) is 36.9 Å². The number of hydrogen-bond acceptors (Lipinski definition) is 7. The van der Waals surface area contributed by atoms with Crippen molar-refractivity contribution in [2.24, 2.45) is 0 Å². The normalized spacial score (nSPS) is 14.0. The van der Waals surface area contributed by atoms with Crippen LogP contribution in [-0.2, 0) is 11.4 Å². The van der Waals surface area contributed by atoms with E-state index in [0.717, 1.165) is 29.5 Å². The second-order valence-corrected chi connectivity index (χ2v) is 8.56. The van der Waals surface area contributed by atoms with E-state index < -0.39 is 0 Å². The minimum absolute atomic E-state index is 0.0615. The summed E-state index contributed by atoms with van der Waals surface area (Å²) in [5.41, 5.74) is 2.25. The van der Waals surface area contributed by atoms with Gasteiger partial charge in [-0.05, 0) is 37.3 Å². The molecule has 1 aromatic heterocycles. The van der Waals surface area contributed by atoms with Crippen LogP contribution in [-0.4, -0.2) is 52.9 Å². The quantitative estimate of drug-likeness (QED) is 0.494. The van der Waals surface area contributed by atoms with Gasteiger partial charge in [-0.3, -0.25) is 4.79 Å². The van der Waals surface area contributed by atoms with Gasteiger partial charge in [0.15, 0.2) is 6.61 Å². The number of benzene rings is 2. The average molecular weight is 459 g/mol. The van der Waals surface area contributed by atoms with Gasteiger partial charge in [0.05, 0.1) is 5.75 Å². The van der Waals surface area contributed by atoms with Crippen LogP contribution in [0, 0.1) is 6.92 Å². The Hall–Kier alpha value is -2.71. The Labute approximate surface area is 190 Å². The fourth-order valence-electron chi connectivity index (χ4n) is 3.24. The molecule has 9 heteroatoms. The number of ether oxygens (including phenoxy) is 1. The Morgan fingerprint density at radius 3 is 2.65 bits per heavy atom. The Bertz CT molecular complexity index is 1020. The van der Waals surface area contributed by atoms with Crippen LogP contribution in [0.4, 0.5) is 5.69 Å². The molecule has 0 N–H and O–H groups in total. The predicted octanol–water partition coefficient (Wildman–Crippen LogP) is 4.05. The third-order valence-electron chi connectivity index (χ3n) is 4.96. The first-order valence-corrected chi connectivity index (χ1v) is 11.4. The predicted molar refractivity (Wildman–Crippen MR) is 121 cm³/mol. The van der Waals surface area contributed by atoms with Crippen molar-refractivity contribution in [2.45, 2.75) is 18.8 Å². The minimum atomic E-state index is 0.0615. The molecule has 1 aliphatic rings. The van der Waals surface area contributed by atoms with Gasteiger partial charge < -0.3 is 19.0 Å². The van der Waals surface area contributed by atoms with Crippen molar-refractivity contribution in [3.8, 4) is 5.75 Å². The van der Waals surface area contributed by atoms with E-state index in [9.17, 15) is 4.79 Å². The number of piperazine rings is 1. The molecule has 3 aromatic rings. The summed E-state index contributed by atoms with van der Waals surface area (Å²) in [5, 5.41) is 9.07. The van der Waals surface area contributed by atoms with E-state index in [2.05, 4.69) is 15.1 Å². The zero-order valence-corrected chi connectivity index (χ0v) is 18.7. The van der Waals surface area contributed by atoms with Crippen molar-refractivity contribution in [1.82, 2.24) is 15.1 Å². The topological polar surface area (TPSA) is 71.7 Å². The number of hydrogen-bond donors (Lipinski definition) is 0. The highest BCUT2D eigenvalue weighted by Crippen LogP contribution is 2.22. The second kappa shape index (κ2) is 10.1. The van der Waals surface area contributed by atoms with Crippen LogP contribution in [0.15, 0.2) is 58.2 Å². The summed E-state index contributed by atoms with van der Waals surface area (Å²) in [5.74, 6) is 1.44. The van der Waals surface area contributed by atoms with E-state index in [1.54, 1.807) is 0 Å². The molecule has 2 aromatic carbocycles. The van der Waals surface area contributed by atoms with Crippen LogP contribution in [0.3, 0.4) is 0 Å². The number of carbonyl (C=O) groups excluding carboxylic acids is 1. The summed E-state index contributed by atoms with van der Waals surface area (Å²) < 4.78 is 11.2. The lowest BCUT2D eigenvalue weighted by Crippen LogP contribution is -2.49. The molecular formula is C22H23ClN4O3S. The zero-order valence-electron chi connectivity index (χ0n) is 17.2. The summed E-state index contributed by atoms with van der Waals surface area (Å²) in [6.07, 6.45) is 0. The van der Waals surface area contributed by atoms with Crippen LogP contribution >= 0.6 is 23.4 Å². The molecular weight excluding hydrogens is 436 g/mol. The van der Waals surface area contributed by atoms with E-state index in [0.29, 0.717) is 24.2 Å². The van der Waals surface area contributed by atoms with Crippen LogP contribution < -0.4 is 9.64 Å². The Morgan fingerprint density at radius 2 is 1.90 bits per heavy atom. The monoisotopic (exact) mass is 458 g/mol.